The summed E-state index contributed by atoms with van der Waals surface area (Å²) in [6.07, 6.45) is 0.786. The quantitative estimate of drug-likeness (QED) is 0.643. The van der Waals surface area contributed by atoms with Crippen LogP contribution in [0.25, 0.3) is 0 Å². The molecule has 0 saturated carbocycles. The summed E-state index contributed by atoms with van der Waals surface area (Å²) in [5.74, 6) is 0. The van der Waals surface area contributed by atoms with E-state index in [1.807, 2.05) is 13.8 Å². The molecule has 13 heavy (non-hydrogen) atoms. The molecule has 2 N–H and O–H groups in total. The van der Waals surface area contributed by atoms with Gasteiger partial charge >= 0.3 is 0 Å². The fraction of sp³-hybridized carbons (Fsp3) is 1.00. The fourth-order valence-electron chi connectivity index (χ4n) is 1.13. The van der Waals surface area contributed by atoms with E-state index in [9.17, 15) is 5.11 Å². The highest BCUT2D eigenvalue weighted by Crippen LogP contribution is 2.06. The topological polar surface area (TPSA) is 35.5 Å². The van der Waals surface area contributed by atoms with Gasteiger partial charge in [-0.05, 0) is 34.4 Å². The van der Waals surface area contributed by atoms with Gasteiger partial charge in [-0.15, -0.1) is 0 Å². The van der Waals surface area contributed by atoms with Gasteiger partial charge in [0.05, 0.1) is 5.60 Å². The van der Waals surface area contributed by atoms with Crippen LogP contribution in [0.4, 0.5) is 0 Å². The molecule has 2 unspecified atom stereocenters. The second-order valence-corrected chi connectivity index (χ2v) is 4.39. The van der Waals surface area contributed by atoms with E-state index in [0.717, 1.165) is 13.0 Å². The number of hydrogen-bond donors (Lipinski definition) is 2. The van der Waals surface area contributed by atoms with Crippen LogP contribution in [0.1, 0.15) is 27.2 Å². The van der Waals surface area contributed by atoms with Crippen molar-refractivity contribution in [2.75, 3.05) is 27.2 Å². The Morgan fingerprint density at radius 2 is 2.00 bits per heavy atom. The predicted octanol–water partition coefficient (Wildman–Crippen LogP) is 0.687. The van der Waals surface area contributed by atoms with Gasteiger partial charge in [0.2, 0.25) is 0 Å². The maximum absolute atomic E-state index is 9.73. The molecule has 0 rings (SSSR count). The third-order valence-corrected chi connectivity index (χ3v) is 2.23. The summed E-state index contributed by atoms with van der Waals surface area (Å²) in [6.45, 7) is 7.66. The summed E-state index contributed by atoms with van der Waals surface area (Å²) in [7, 11) is 4.10. The lowest BCUT2D eigenvalue weighted by Gasteiger charge is -2.25. The molecule has 0 spiro atoms. The smallest absolute Gasteiger partial charge is 0.0741 e. The Kier molecular flexibility index (Phi) is 5.53. The molecule has 0 aromatic carbocycles. The first-order valence-corrected chi connectivity index (χ1v) is 4.98. The van der Waals surface area contributed by atoms with Crippen molar-refractivity contribution in [2.24, 2.45) is 0 Å². The van der Waals surface area contributed by atoms with Crippen LogP contribution in [0.3, 0.4) is 0 Å². The van der Waals surface area contributed by atoms with E-state index in [-0.39, 0.29) is 0 Å². The monoisotopic (exact) mass is 188 g/mol. The first kappa shape index (κ1) is 12.9. The maximum atomic E-state index is 9.73. The first-order valence-electron chi connectivity index (χ1n) is 4.98. The summed E-state index contributed by atoms with van der Waals surface area (Å²) in [6, 6.07) is 0.424. The minimum atomic E-state index is -0.569. The minimum Gasteiger partial charge on any atom is -0.389 e. The molecule has 0 aromatic heterocycles. The highest BCUT2D eigenvalue weighted by Gasteiger charge is 2.17. The molecule has 0 aliphatic heterocycles. The second-order valence-electron chi connectivity index (χ2n) is 4.39. The zero-order chi connectivity index (χ0) is 10.5. The Labute approximate surface area is 82.1 Å². The first-order chi connectivity index (χ1) is 5.87. The molecule has 0 fully saturated rings. The van der Waals surface area contributed by atoms with Crippen LogP contribution in [-0.2, 0) is 0 Å². The van der Waals surface area contributed by atoms with Gasteiger partial charge in [-0.1, -0.05) is 6.92 Å². The van der Waals surface area contributed by atoms with Gasteiger partial charge in [0, 0.05) is 19.1 Å². The van der Waals surface area contributed by atoms with Gasteiger partial charge in [-0.2, -0.15) is 0 Å². The van der Waals surface area contributed by atoms with Crippen LogP contribution in [0, 0.1) is 0 Å². The Balaban J connectivity index is 3.63. The summed E-state index contributed by atoms with van der Waals surface area (Å²) in [5, 5.41) is 13.0. The van der Waals surface area contributed by atoms with E-state index in [4.69, 9.17) is 0 Å². The maximum Gasteiger partial charge on any atom is 0.0741 e. The molecule has 0 saturated heterocycles. The Morgan fingerprint density at radius 1 is 1.46 bits per heavy atom. The van der Waals surface area contributed by atoms with Crippen molar-refractivity contribution in [2.45, 2.75) is 38.8 Å². The molecule has 0 aliphatic rings. The van der Waals surface area contributed by atoms with Crippen LogP contribution >= 0.6 is 0 Å². The zero-order valence-electron chi connectivity index (χ0n) is 9.59. The average Bonchev–Trinajstić information content (AvgIpc) is 2.00. The van der Waals surface area contributed by atoms with Crippen molar-refractivity contribution in [1.82, 2.24) is 10.2 Å². The lowest BCUT2D eigenvalue weighted by Crippen LogP contribution is -2.44. The second kappa shape index (κ2) is 5.58. The largest absolute Gasteiger partial charge is 0.389 e. The average molecular weight is 188 g/mol. The van der Waals surface area contributed by atoms with E-state index in [1.165, 1.54) is 0 Å². The lowest BCUT2D eigenvalue weighted by atomic mass is 10.0. The Bertz CT molecular complexity index is 135. The SMILES string of the molecule is CCC(C)(O)CNC(C)CN(C)C. The molecule has 3 heteroatoms. The number of hydrogen-bond acceptors (Lipinski definition) is 3. The van der Waals surface area contributed by atoms with Gasteiger partial charge in [0.25, 0.3) is 0 Å². The van der Waals surface area contributed by atoms with Crippen LogP contribution in [0.15, 0.2) is 0 Å². The third kappa shape index (κ3) is 6.99. The van der Waals surface area contributed by atoms with Crippen molar-refractivity contribution in [3.8, 4) is 0 Å². The van der Waals surface area contributed by atoms with Gasteiger partial charge in [-0.25, -0.2) is 0 Å². The predicted molar refractivity (Wildman–Crippen MR) is 56.9 cm³/mol. The summed E-state index contributed by atoms with van der Waals surface area (Å²) < 4.78 is 0. The van der Waals surface area contributed by atoms with E-state index >= 15 is 0 Å². The van der Waals surface area contributed by atoms with Crippen LogP contribution in [-0.4, -0.2) is 48.8 Å². The molecule has 0 amide bonds. The van der Waals surface area contributed by atoms with Gasteiger partial charge in [0.1, 0.15) is 0 Å². The van der Waals surface area contributed by atoms with Crippen LogP contribution < -0.4 is 5.32 Å². The Morgan fingerprint density at radius 3 is 2.38 bits per heavy atom. The molecule has 2 atom stereocenters. The van der Waals surface area contributed by atoms with Crippen molar-refractivity contribution >= 4 is 0 Å². The highest BCUT2D eigenvalue weighted by atomic mass is 16.3. The number of nitrogens with one attached hydrogen (secondary N) is 1. The number of aliphatic hydroxyl groups is 1. The summed E-state index contributed by atoms with van der Waals surface area (Å²) in [5.41, 5.74) is -0.569. The minimum absolute atomic E-state index is 0.424. The van der Waals surface area contributed by atoms with Gasteiger partial charge in [-0.3, -0.25) is 0 Å². The van der Waals surface area contributed by atoms with Crippen molar-refractivity contribution < 1.29 is 5.11 Å². The molecule has 0 aromatic rings. The lowest BCUT2D eigenvalue weighted by molar-refractivity contribution is 0.0525. The van der Waals surface area contributed by atoms with Crippen LogP contribution in [0.2, 0.25) is 0 Å². The molecule has 0 aliphatic carbocycles. The van der Waals surface area contributed by atoms with Crippen molar-refractivity contribution in [3.05, 3.63) is 0 Å². The van der Waals surface area contributed by atoms with E-state index < -0.39 is 5.60 Å². The number of nitrogens with zero attached hydrogens (tertiary/aromatic N) is 1. The summed E-state index contributed by atoms with van der Waals surface area (Å²) >= 11 is 0. The van der Waals surface area contributed by atoms with Gasteiger partial charge < -0.3 is 15.3 Å². The molecular formula is C10H24N2O. The Hall–Kier alpha value is -0.120. The van der Waals surface area contributed by atoms with E-state index in [1.54, 1.807) is 0 Å². The molecule has 3 nitrogen and oxygen atoms in total. The third-order valence-electron chi connectivity index (χ3n) is 2.23. The standard InChI is InChI=1S/C10H24N2O/c1-6-10(3,13)8-11-9(2)7-12(4)5/h9,11,13H,6-8H2,1-5H3. The van der Waals surface area contributed by atoms with E-state index in [2.05, 4.69) is 31.2 Å². The molecule has 0 radical (unpaired) electrons. The molecule has 80 valence electrons. The van der Waals surface area contributed by atoms with E-state index in [0.29, 0.717) is 12.6 Å². The highest BCUT2D eigenvalue weighted by molar-refractivity contribution is 4.76. The van der Waals surface area contributed by atoms with Crippen molar-refractivity contribution in [1.29, 1.82) is 0 Å². The fourth-order valence-corrected chi connectivity index (χ4v) is 1.13. The zero-order valence-corrected chi connectivity index (χ0v) is 9.59. The number of rotatable bonds is 6. The normalized spacial score (nSPS) is 18.7. The molecule has 0 heterocycles. The number of likely N-dealkylation sites (N-methyl/N-ethyl adjacent to an activating group) is 1. The summed E-state index contributed by atoms with van der Waals surface area (Å²) in [4.78, 5) is 2.14. The van der Waals surface area contributed by atoms with Crippen molar-refractivity contribution in [3.63, 3.8) is 0 Å². The molecule has 0 bridgehead atoms. The molecular weight excluding hydrogens is 164 g/mol. The van der Waals surface area contributed by atoms with Crippen LogP contribution in [0.5, 0.6) is 0 Å². The van der Waals surface area contributed by atoms with Gasteiger partial charge in [0.15, 0.2) is 0 Å².